The van der Waals surface area contributed by atoms with Gasteiger partial charge in [-0.1, -0.05) is 5.16 Å². The molecule has 2 aromatic heterocycles. The first-order valence-corrected chi connectivity index (χ1v) is 4.40. The molecule has 1 unspecified atom stereocenters. The molecule has 2 heterocycles. The summed E-state index contributed by atoms with van der Waals surface area (Å²) >= 11 is 0. The van der Waals surface area contributed by atoms with E-state index in [0.29, 0.717) is 0 Å². The third-order valence-electron chi connectivity index (χ3n) is 1.84. The van der Waals surface area contributed by atoms with Crippen LogP contribution in [0.25, 0.3) is 11.6 Å². The molecule has 0 bridgehead atoms. The number of aliphatic hydroxyl groups is 1. The molecule has 0 saturated heterocycles. The average molecular weight is 249 g/mol. The van der Waals surface area contributed by atoms with Gasteiger partial charge >= 0.3 is 6.18 Å². The first-order chi connectivity index (χ1) is 7.97. The summed E-state index contributed by atoms with van der Waals surface area (Å²) in [6.07, 6.45) is -6.87. The largest absolute Gasteiger partial charge is 0.414 e. The molecule has 0 amide bonds. The average Bonchev–Trinajstić information content (AvgIpc) is 2.83. The number of nitrogens with zero attached hydrogens (tertiary/aromatic N) is 4. The van der Waals surface area contributed by atoms with E-state index >= 15 is 0 Å². The van der Waals surface area contributed by atoms with E-state index in [1.54, 1.807) is 0 Å². The van der Waals surface area contributed by atoms with Crippen molar-refractivity contribution in [3.05, 3.63) is 12.2 Å². The maximum Gasteiger partial charge on any atom is 0.414 e. The molecular formula is C7H6F3N5O2. The molecule has 0 spiro atoms. The number of aliphatic hydroxyl groups excluding tert-OH is 1. The second-order valence-electron chi connectivity index (χ2n) is 3.11. The zero-order chi connectivity index (χ0) is 12.5. The fourth-order valence-electron chi connectivity index (χ4n) is 1.03. The van der Waals surface area contributed by atoms with Crippen LogP contribution in [0.2, 0.25) is 0 Å². The summed E-state index contributed by atoms with van der Waals surface area (Å²) in [5, 5.41) is 18.1. The number of hydrogen-bond acceptors (Lipinski definition) is 6. The molecule has 2 aromatic rings. The van der Waals surface area contributed by atoms with E-state index in [1.165, 1.54) is 6.33 Å². The minimum atomic E-state index is -4.72. The van der Waals surface area contributed by atoms with E-state index in [-0.39, 0.29) is 17.5 Å². The maximum atomic E-state index is 12.0. The zero-order valence-corrected chi connectivity index (χ0v) is 8.14. The number of H-pyrrole nitrogens is 1. The van der Waals surface area contributed by atoms with Crippen molar-refractivity contribution in [3.63, 3.8) is 0 Å². The Kier molecular flexibility index (Phi) is 2.79. The molecule has 2 N–H and O–H groups in total. The Bertz CT molecular complexity index is 480. The second kappa shape index (κ2) is 4.13. The number of rotatable bonds is 3. The van der Waals surface area contributed by atoms with E-state index in [1.807, 2.05) is 0 Å². The lowest BCUT2D eigenvalue weighted by molar-refractivity contribution is -0.204. The van der Waals surface area contributed by atoms with Crippen LogP contribution in [0.5, 0.6) is 0 Å². The topological polar surface area (TPSA) is 101 Å². The van der Waals surface area contributed by atoms with Crippen LogP contribution in [0.4, 0.5) is 13.2 Å². The van der Waals surface area contributed by atoms with Crippen LogP contribution >= 0.6 is 0 Å². The summed E-state index contributed by atoms with van der Waals surface area (Å²) in [5.74, 6) is -0.186. The van der Waals surface area contributed by atoms with E-state index in [4.69, 9.17) is 5.11 Å². The number of hydrogen-bond donors (Lipinski definition) is 2. The van der Waals surface area contributed by atoms with Crippen molar-refractivity contribution in [1.82, 2.24) is 25.3 Å². The number of aromatic nitrogens is 5. The minimum absolute atomic E-state index is 0.0214. The lowest BCUT2D eigenvalue weighted by Gasteiger charge is -2.11. The lowest BCUT2D eigenvalue weighted by atomic mass is 10.2. The molecule has 7 nitrogen and oxygen atoms in total. The van der Waals surface area contributed by atoms with Crippen LogP contribution < -0.4 is 0 Å². The quantitative estimate of drug-likeness (QED) is 0.812. The molecule has 0 fully saturated rings. The van der Waals surface area contributed by atoms with E-state index < -0.39 is 18.7 Å². The van der Waals surface area contributed by atoms with Crippen LogP contribution in [0, 0.1) is 0 Å². The van der Waals surface area contributed by atoms with E-state index in [2.05, 4.69) is 29.8 Å². The minimum Gasteiger partial charge on any atom is -0.383 e. The van der Waals surface area contributed by atoms with Crippen LogP contribution in [0.3, 0.4) is 0 Å². The highest BCUT2D eigenvalue weighted by atomic mass is 19.4. The van der Waals surface area contributed by atoms with Gasteiger partial charge in [0.1, 0.15) is 6.33 Å². The van der Waals surface area contributed by atoms with Crippen LogP contribution in [0.15, 0.2) is 10.9 Å². The van der Waals surface area contributed by atoms with Gasteiger partial charge in [-0.25, -0.2) is 4.98 Å². The Morgan fingerprint density at radius 2 is 2.24 bits per heavy atom. The standard InChI is InChI=1S/C7H6F3N5O2/c8-7(9,10)3(16)1-4-13-6(15-17-4)5-11-2-12-14-5/h2-3,16H,1H2,(H,11,12,14). The molecule has 0 aliphatic carbocycles. The predicted octanol–water partition coefficient (Wildman–Crippen LogP) is 0.320. The van der Waals surface area contributed by atoms with Gasteiger partial charge in [0.15, 0.2) is 11.9 Å². The Labute approximate surface area is 91.7 Å². The fraction of sp³-hybridized carbons (Fsp3) is 0.429. The van der Waals surface area contributed by atoms with Crippen molar-refractivity contribution in [2.45, 2.75) is 18.7 Å². The monoisotopic (exact) mass is 249 g/mol. The van der Waals surface area contributed by atoms with E-state index in [9.17, 15) is 13.2 Å². The molecule has 0 saturated carbocycles. The second-order valence-corrected chi connectivity index (χ2v) is 3.11. The fourth-order valence-corrected chi connectivity index (χ4v) is 1.03. The van der Waals surface area contributed by atoms with Crippen molar-refractivity contribution in [2.75, 3.05) is 0 Å². The molecule has 0 aromatic carbocycles. The third kappa shape index (κ3) is 2.58. The first-order valence-electron chi connectivity index (χ1n) is 4.40. The number of nitrogens with one attached hydrogen (secondary N) is 1. The molecule has 0 aliphatic heterocycles. The normalized spacial score (nSPS) is 13.9. The SMILES string of the molecule is OC(Cc1nc(-c2ncn[nH]2)no1)C(F)(F)F. The number of alkyl halides is 3. The zero-order valence-electron chi connectivity index (χ0n) is 8.14. The molecule has 1 atom stereocenters. The summed E-state index contributed by atoms with van der Waals surface area (Å²) in [4.78, 5) is 7.33. The van der Waals surface area contributed by atoms with Gasteiger partial charge < -0.3 is 9.63 Å². The van der Waals surface area contributed by atoms with Crippen molar-refractivity contribution < 1.29 is 22.8 Å². The van der Waals surface area contributed by atoms with Crippen molar-refractivity contribution in [2.24, 2.45) is 0 Å². The molecule has 10 heteroatoms. The molecule has 92 valence electrons. The van der Waals surface area contributed by atoms with Gasteiger partial charge in [0.05, 0.1) is 6.42 Å². The highest BCUT2D eigenvalue weighted by Gasteiger charge is 2.39. The molecular weight excluding hydrogens is 243 g/mol. The highest BCUT2D eigenvalue weighted by molar-refractivity contribution is 5.39. The van der Waals surface area contributed by atoms with Gasteiger partial charge in [0.25, 0.3) is 0 Å². The Balaban J connectivity index is 2.09. The smallest absolute Gasteiger partial charge is 0.383 e. The Morgan fingerprint density at radius 1 is 1.47 bits per heavy atom. The summed E-state index contributed by atoms with van der Waals surface area (Å²) in [6.45, 7) is 0. The summed E-state index contributed by atoms with van der Waals surface area (Å²) < 4.78 is 40.7. The van der Waals surface area contributed by atoms with Crippen LogP contribution in [-0.2, 0) is 6.42 Å². The Hall–Kier alpha value is -1.97. The molecule has 17 heavy (non-hydrogen) atoms. The van der Waals surface area contributed by atoms with Crippen LogP contribution in [0.1, 0.15) is 5.89 Å². The van der Waals surface area contributed by atoms with Crippen molar-refractivity contribution >= 4 is 0 Å². The highest BCUT2D eigenvalue weighted by Crippen LogP contribution is 2.22. The van der Waals surface area contributed by atoms with Gasteiger partial charge in [0.2, 0.25) is 11.7 Å². The van der Waals surface area contributed by atoms with Gasteiger partial charge in [-0.05, 0) is 0 Å². The van der Waals surface area contributed by atoms with Gasteiger partial charge in [-0.3, -0.25) is 5.10 Å². The molecule has 0 aliphatic rings. The summed E-state index contributed by atoms with van der Waals surface area (Å²) in [5.41, 5.74) is 0. The van der Waals surface area contributed by atoms with E-state index in [0.717, 1.165) is 0 Å². The van der Waals surface area contributed by atoms with Gasteiger partial charge in [-0.2, -0.15) is 23.3 Å². The summed E-state index contributed by atoms with van der Waals surface area (Å²) in [6, 6.07) is 0. The third-order valence-corrected chi connectivity index (χ3v) is 1.84. The van der Waals surface area contributed by atoms with Crippen molar-refractivity contribution in [1.29, 1.82) is 0 Å². The molecule has 2 rings (SSSR count). The van der Waals surface area contributed by atoms with Crippen molar-refractivity contribution in [3.8, 4) is 11.6 Å². The number of halogens is 3. The maximum absolute atomic E-state index is 12.0. The number of aromatic amines is 1. The Morgan fingerprint density at radius 3 is 2.82 bits per heavy atom. The summed E-state index contributed by atoms with van der Waals surface area (Å²) in [7, 11) is 0. The predicted molar refractivity (Wildman–Crippen MR) is 45.4 cm³/mol. The van der Waals surface area contributed by atoms with Gasteiger partial charge in [0, 0.05) is 0 Å². The van der Waals surface area contributed by atoms with Gasteiger partial charge in [-0.15, -0.1) is 0 Å². The molecule has 0 radical (unpaired) electrons. The first kappa shape index (κ1) is 11.5. The lowest BCUT2D eigenvalue weighted by Crippen LogP contribution is -2.30. The van der Waals surface area contributed by atoms with Crippen LogP contribution in [-0.4, -0.2) is 42.7 Å².